The first kappa shape index (κ1) is 15.3. The second-order valence-electron chi connectivity index (χ2n) is 6.36. The fraction of sp³-hybridized carbons (Fsp3) is 0.647. The lowest BCUT2D eigenvalue weighted by molar-refractivity contribution is 0.124. The lowest BCUT2D eigenvalue weighted by Crippen LogP contribution is -2.55. The van der Waals surface area contributed by atoms with Gasteiger partial charge in [0.2, 0.25) is 0 Å². The Balaban J connectivity index is 1.98. The van der Waals surface area contributed by atoms with Gasteiger partial charge in [0.25, 0.3) is 0 Å². The summed E-state index contributed by atoms with van der Waals surface area (Å²) in [4.78, 5) is 2.58. The molecule has 3 nitrogen and oxygen atoms in total. The number of hydrogen-bond donors (Lipinski definition) is 1. The molecule has 0 aliphatic carbocycles. The standard InChI is InChI=1S/C17H28N2O/c1-13(2)8-16-12-19(14(3)10-18-16)11-15-6-5-7-17(9-15)20-4/h5-7,9,13-14,16,18H,8,10-12H2,1-4H3. The molecule has 1 aliphatic rings. The maximum absolute atomic E-state index is 5.31. The summed E-state index contributed by atoms with van der Waals surface area (Å²) in [5.41, 5.74) is 1.33. The van der Waals surface area contributed by atoms with Gasteiger partial charge in [0.15, 0.2) is 0 Å². The van der Waals surface area contributed by atoms with Crippen LogP contribution < -0.4 is 10.1 Å². The van der Waals surface area contributed by atoms with Gasteiger partial charge >= 0.3 is 0 Å². The molecule has 1 saturated heterocycles. The molecule has 1 aliphatic heterocycles. The SMILES string of the molecule is COc1cccc(CN2CC(CC(C)C)NCC2C)c1. The van der Waals surface area contributed by atoms with Crippen molar-refractivity contribution in [3.63, 3.8) is 0 Å². The van der Waals surface area contributed by atoms with Crippen LogP contribution in [-0.4, -0.2) is 37.2 Å². The lowest BCUT2D eigenvalue weighted by Gasteiger charge is -2.39. The molecule has 0 aromatic heterocycles. The van der Waals surface area contributed by atoms with Gasteiger partial charge in [0.05, 0.1) is 7.11 Å². The Kier molecular flexibility index (Phi) is 5.44. The van der Waals surface area contributed by atoms with Crippen LogP contribution in [0.4, 0.5) is 0 Å². The van der Waals surface area contributed by atoms with E-state index in [1.807, 2.05) is 6.07 Å². The van der Waals surface area contributed by atoms with Gasteiger partial charge in [-0.15, -0.1) is 0 Å². The van der Waals surface area contributed by atoms with Crippen LogP contribution in [-0.2, 0) is 6.54 Å². The van der Waals surface area contributed by atoms with E-state index in [1.54, 1.807) is 7.11 Å². The van der Waals surface area contributed by atoms with Gasteiger partial charge in [-0.2, -0.15) is 0 Å². The fourth-order valence-electron chi connectivity index (χ4n) is 2.95. The average molecular weight is 276 g/mol. The first-order chi connectivity index (χ1) is 9.58. The molecule has 1 fully saturated rings. The van der Waals surface area contributed by atoms with Crippen molar-refractivity contribution in [2.45, 2.75) is 45.8 Å². The summed E-state index contributed by atoms with van der Waals surface area (Å²) in [7, 11) is 1.73. The predicted octanol–water partition coefficient (Wildman–Crippen LogP) is 2.90. The summed E-state index contributed by atoms with van der Waals surface area (Å²) in [5.74, 6) is 1.70. The molecule has 0 saturated carbocycles. The van der Waals surface area contributed by atoms with Crippen LogP contribution >= 0.6 is 0 Å². The van der Waals surface area contributed by atoms with Crippen molar-refractivity contribution in [3.05, 3.63) is 29.8 Å². The van der Waals surface area contributed by atoms with E-state index in [-0.39, 0.29) is 0 Å². The Bertz CT molecular complexity index is 419. The van der Waals surface area contributed by atoms with Crippen LogP contribution in [0.2, 0.25) is 0 Å². The minimum absolute atomic E-state index is 0.588. The van der Waals surface area contributed by atoms with Gasteiger partial charge in [-0.1, -0.05) is 26.0 Å². The molecule has 1 aromatic rings. The van der Waals surface area contributed by atoms with E-state index in [0.717, 1.165) is 31.3 Å². The number of hydrogen-bond acceptors (Lipinski definition) is 3. The van der Waals surface area contributed by atoms with Gasteiger partial charge < -0.3 is 10.1 Å². The summed E-state index contributed by atoms with van der Waals surface area (Å²) in [6.07, 6.45) is 1.25. The number of piperazine rings is 1. The summed E-state index contributed by atoms with van der Waals surface area (Å²) in [5, 5.41) is 3.67. The summed E-state index contributed by atoms with van der Waals surface area (Å²) in [6.45, 7) is 10.1. The Hall–Kier alpha value is -1.06. The maximum Gasteiger partial charge on any atom is 0.119 e. The van der Waals surface area contributed by atoms with Crippen LogP contribution in [0.25, 0.3) is 0 Å². The third-order valence-corrected chi connectivity index (χ3v) is 4.06. The van der Waals surface area contributed by atoms with Crippen molar-refractivity contribution < 1.29 is 4.74 Å². The normalized spacial score (nSPS) is 24.1. The summed E-state index contributed by atoms with van der Waals surface area (Å²) >= 11 is 0. The van der Waals surface area contributed by atoms with Gasteiger partial charge in [-0.3, -0.25) is 4.90 Å². The van der Waals surface area contributed by atoms with E-state index in [9.17, 15) is 0 Å². The summed E-state index contributed by atoms with van der Waals surface area (Å²) < 4.78 is 5.31. The smallest absolute Gasteiger partial charge is 0.119 e. The number of nitrogens with zero attached hydrogens (tertiary/aromatic N) is 1. The highest BCUT2D eigenvalue weighted by molar-refractivity contribution is 5.28. The highest BCUT2D eigenvalue weighted by atomic mass is 16.5. The van der Waals surface area contributed by atoms with Crippen molar-refractivity contribution in [1.29, 1.82) is 0 Å². The largest absolute Gasteiger partial charge is 0.497 e. The number of nitrogens with one attached hydrogen (secondary N) is 1. The predicted molar refractivity (Wildman–Crippen MR) is 84.1 cm³/mol. The number of methoxy groups -OCH3 is 1. The molecule has 0 spiro atoms. The molecule has 2 unspecified atom stereocenters. The highest BCUT2D eigenvalue weighted by Crippen LogP contribution is 2.18. The van der Waals surface area contributed by atoms with Crippen molar-refractivity contribution in [2.75, 3.05) is 20.2 Å². The number of ether oxygens (including phenoxy) is 1. The first-order valence-electron chi connectivity index (χ1n) is 7.69. The lowest BCUT2D eigenvalue weighted by atomic mass is 9.99. The molecule has 2 atom stereocenters. The molecule has 1 N–H and O–H groups in total. The van der Waals surface area contributed by atoms with Crippen LogP contribution in [0, 0.1) is 5.92 Å². The molecular formula is C17H28N2O. The third-order valence-electron chi connectivity index (χ3n) is 4.06. The molecule has 1 heterocycles. The molecule has 1 aromatic carbocycles. The minimum atomic E-state index is 0.588. The Labute approximate surface area is 123 Å². The van der Waals surface area contributed by atoms with Crippen LogP contribution in [0.3, 0.4) is 0 Å². The average Bonchev–Trinajstić information content (AvgIpc) is 2.42. The second-order valence-corrected chi connectivity index (χ2v) is 6.36. The van der Waals surface area contributed by atoms with Crippen LogP contribution in [0.1, 0.15) is 32.8 Å². The van der Waals surface area contributed by atoms with E-state index >= 15 is 0 Å². The van der Waals surface area contributed by atoms with Gasteiger partial charge in [0.1, 0.15) is 5.75 Å². The van der Waals surface area contributed by atoms with Crippen LogP contribution in [0.15, 0.2) is 24.3 Å². The van der Waals surface area contributed by atoms with Crippen LogP contribution in [0.5, 0.6) is 5.75 Å². The highest BCUT2D eigenvalue weighted by Gasteiger charge is 2.25. The van der Waals surface area contributed by atoms with Crippen molar-refractivity contribution in [2.24, 2.45) is 5.92 Å². The van der Waals surface area contributed by atoms with E-state index in [1.165, 1.54) is 12.0 Å². The Morgan fingerprint density at radius 1 is 1.40 bits per heavy atom. The Morgan fingerprint density at radius 3 is 2.90 bits per heavy atom. The molecule has 20 heavy (non-hydrogen) atoms. The second kappa shape index (κ2) is 7.09. The zero-order chi connectivity index (χ0) is 14.5. The van der Waals surface area contributed by atoms with E-state index < -0.39 is 0 Å². The van der Waals surface area contributed by atoms with E-state index in [0.29, 0.717) is 12.1 Å². The molecule has 0 bridgehead atoms. The molecule has 3 heteroatoms. The monoisotopic (exact) mass is 276 g/mol. The van der Waals surface area contributed by atoms with Gasteiger partial charge in [0, 0.05) is 31.7 Å². The van der Waals surface area contributed by atoms with Gasteiger partial charge in [-0.05, 0) is 37.0 Å². The zero-order valence-electron chi connectivity index (χ0n) is 13.2. The third kappa shape index (κ3) is 4.22. The first-order valence-corrected chi connectivity index (χ1v) is 7.69. The summed E-state index contributed by atoms with van der Waals surface area (Å²) in [6, 6.07) is 9.63. The van der Waals surface area contributed by atoms with Crippen molar-refractivity contribution in [1.82, 2.24) is 10.2 Å². The van der Waals surface area contributed by atoms with Crippen molar-refractivity contribution >= 4 is 0 Å². The van der Waals surface area contributed by atoms with E-state index in [2.05, 4.69) is 49.2 Å². The quantitative estimate of drug-likeness (QED) is 0.895. The Morgan fingerprint density at radius 2 is 2.20 bits per heavy atom. The topological polar surface area (TPSA) is 24.5 Å². The zero-order valence-corrected chi connectivity index (χ0v) is 13.2. The number of benzene rings is 1. The molecule has 0 amide bonds. The number of rotatable bonds is 5. The molecule has 2 rings (SSSR count). The molecule has 112 valence electrons. The molecule has 0 radical (unpaired) electrons. The van der Waals surface area contributed by atoms with Gasteiger partial charge in [-0.25, -0.2) is 0 Å². The van der Waals surface area contributed by atoms with E-state index in [4.69, 9.17) is 4.74 Å². The van der Waals surface area contributed by atoms with Crippen molar-refractivity contribution in [3.8, 4) is 5.75 Å². The maximum atomic E-state index is 5.31. The molecular weight excluding hydrogens is 248 g/mol. The fourth-order valence-corrected chi connectivity index (χ4v) is 2.95. The minimum Gasteiger partial charge on any atom is -0.497 e.